The van der Waals surface area contributed by atoms with E-state index >= 15 is 0 Å². The van der Waals surface area contributed by atoms with Crippen molar-refractivity contribution < 1.29 is 18.0 Å². The molecule has 8 heteroatoms. The summed E-state index contributed by atoms with van der Waals surface area (Å²) in [6.45, 7) is 0. The van der Waals surface area contributed by atoms with Gasteiger partial charge in [-0.25, -0.2) is 4.68 Å². The monoisotopic (exact) mass is 346 g/mol. The average Bonchev–Trinajstić information content (AvgIpc) is 3.14. The number of nitrogens with one attached hydrogen (secondary N) is 2. The lowest BCUT2D eigenvalue weighted by Gasteiger charge is -2.15. The molecule has 128 valence electrons. The third-order valence-corrected chi connectivity index (χ3v) is 3.44. The fraction of sp³-hybridized carbons (Fsp3) is 0.0588. The molecule has 2 aromatic carbocycles. The molecule has 0 aliphatic rings. The Kier molecular flexibility index (Phi) is 4.42. The van der Waals surface area contributed by atoms with Gasteiger partial charge < -0.3 is 0 Å². The van der Waals surface area contributed by atoms with Crippen molar-refractivity contribution in [1.29, 1.82) is 0 Å². The number of para-hydroxylation sites is 1. The Labute approximate surface area is 141 Å². The van der Waals surface area contributed by atoms with E-state index in [9.17, 15) is 18.0 Å². The summed E-state index contributed by atoms with van der Waals surface area (Å²) in [5, 5.41) is 4.07. The van der Waals surface area contributed by atoms with Gasteiger partial charge in [0.2, 0.25) is 0 Å². The number of amides is 1. The van der Waals surface area contributed by atoms with E-state index in [0.29, 0.717) is 5.56 Å². The van der Waals surface area contributed by atoms with Crippen molar-refractivity contribution in [2.75, 3.05) is 5.43 Å². The van der Waals surface area contributed by atoms with Crippen LogP contribution in [0, 0.1) is 0 Å². The van der Waals surface area contributed by atoms with Crippen molar-refractivity contribution in [3.8, 4) is 5.69 Å². The Morgan fingerprint density at radius 3 is 2.36 bits per heavy atom. The molecule has 0 unspecified atom stereocenters. The van der Waals surface area contributed by atoms with E-state index in [1.807, 2.05) is 0 Å². The van der Waals surface area contributed by atoms with Gasteiger partial charge in [-0.05, 0) is 42.5 Å². The molecule has 0 spiro atoms. The second-order valence-electron chi connectivity index (χ2n) is 5.12. The number of carbonyl (C=O) groups excluding carboxylic acids is 1. The van der Waals surface area contributed by atoms with Gasteiger partial charge in [0, 0.05) is 18.0 Å². The van der Waals surface area contributed by atoms with Crippen LogP contribution in [0.3, 0.4) is 0 Å². The fourth-order valence-corrected chi connectivity index (χ4v) is 2.22. The molecule has 25 heavy (non-hydrogen) atoms. The van der Waals surface area contributed by atoms with Crippen molar-refractivity contribution in [3.63, 3.8) is 0 Å². The first-order chi connectivity index (χ1) is 11.9. The topological polar surface area (TPSA) is 59.0 Å². The summed E-state index contributed by atoms with van der Waals surface area (Å²) in [7, 11) is 0. The molecule has 1 aromatic heterocycles. The summed E-state index contributed by atoms with van der Waals surface area (Å²) in [5.74, 6) is -0.552. The van der Waals surface area contributed by atoms with Crippen molar-refractivity contribution >= 4 is 11.6 Å². The molecule has 0 bridgehead atoms. The second kappa shape index (κ2) is 6.68. The number of aromatic nitrogens is 2. The van der Waals surface area contributed by atoms with Crippen molar-refractivity contribution in [2.24, 2.45) is 0 Å². The van der Waals surface area contributed by atoms with E-state index in [-0.39, 0.29) is 5.69 Å². The summed E-state index contributed by atoms with van der Waals surface area (Å²) in [5.41, 5.74) is 4.57. The number of benzene rings is 2. The van der Waals surface area contributed by atoms with Crippen molar-refractivity contribution in [3.05, 3.63) is 78.1 Å². The van der Waals surface area contributed by atoms with Crippen LogP contribution in [0.4, 0.5) is 18.9 Å². The smallest absolute Gasteiger partial charge is 0.298 e. The number of anilines is 1. The van der Waals surface area contributed by atoms with Crippen LogP contribution in [0.1, 0.15) is 15.9 Å². The molecule has 0 saturated carbocycles. The molecule has 3 aromatic rings. The van der Waals surface area contributed by atoms with Gasteiger partial charge in [0.15, 0.2) is 0 Å². The number of carbonyl (C=O) groups is 1. The quantitative estimate of drug-likeness (QED) is 0.709. The minimum atomic E-state index is -4.51. The van der Waals surface area contributed by atoms with Crippen LogP contribution in [0.2, 0.25) is 0 Å². The normalized spacial score (nSPS) is 11.2. The van der Waals surface area contributed by atoms with Crippen LogP contribution in [0.25, 0.3) is 5.69 Å². The van der Waals surface area contributed by atoms with Gasteiger partial charge in [0.05, 0.1) is 16.9 Å². The van der Waals surface area contributed by atoms with Crippen LogP contribution in [0.5, 0.6) is 0 Å². The summed E-state index contributed by atoms with van der Waals surface area (Å²) >= 11 is 0. The lowest BCUT2D eigenvalue weighted by Crippen LogP contribution is -2.30. The molecule has 0 aliphatic heterocycles. The number of hydrogen-bond acceptors (Lipinski definition) is 3. The van der Waals surface area contributed by atoms with E-state index in [4.69, 9.17) is 0 Å². The van der Waals surface area contributed by atoms with E-state index in [2.05, 4.69) is 16.0 Å². The zero-order chi connectivity index (χ0) is 17.9. The highest BCUT2D eigenvalue weighted by atomic mass is 19.4. The Bertz CT molecular complexity index is 858. The molecule has 5 nitrogen and oxygen atoms in total. The number of hydrogen-bond donors (Lipinski definition) is 2. The van der Waals surface area contributed by atoms with E-state index in [1.165, 1.54) is 18.2 Å². The Morgan fingerprint density at radius 1 is 1.00 bits per heavy atom. The third kappa shape index (κ3) is 3.79. The predicted octanol–water partition coefficient (Wildman–Crippen LogP) is 3.65. The van der Waals surface area contributed by atoms with Crippen LogP contribution in [-0.4, -0.2) is 15.7 Å². The molecule has 0 aliphatic carbocycles. The lowest BCUT2D eigenvalue weighted by molar-refractivity contribution is -0.137. The first-order valence-corrected chi connectivity index (χ1v) is 7.28. The summed E-state index contributed by atoms with van der Waals surface area (Å²) < 4.78 is 40.4. The highest BCUT2D eigenvalue weighted by molar-refractivity contribution is 5.95. The summed E-state index contributed by atoms with van der Waals surface area (Å²) in [6.07, 6.45) is -1.13. The van der Waals surface area contributed by atoms with Gasteiger partial charge in [-0.15, -0.1) is 0 Å². The van der Waals surface area contributed by atoms with Gasteiger partial charge in [-0.1, -0.05) is 12.1 Å². The molecule has 1 heterocycles. The minimum Gasteiger partial charge on any atom is -0.298 e. The van der Waals surface area contributed by atoms with Gasteiger partial charge in [-0.3, -0.25) is 15.6 Å². The van der Waals surface area contributed by atoms with Gasteiger partial charge in [-0.2, -0.15) is 18.3 Å². The molecule has 0 fully saturated rings. The standard InChI is InChI=1S/C17H13F3N4O/c18-17(19,20)14-4-1-2-5-15(14)22-23-16(25)12-6-8-13(9-7-12)24-11-3-10-21-24/h1-11,22H,(H,23,25). The molecular weight excluding hydrogens is 333 g/mol. The summed E-state index contributed by atoms with van der Waals surface area (Å²) in [4.78, 5) is 12.1. The minimum absolute atomic E-state index is 0.225. The average molecular weight is 346 g/mol. The molecule has 1 amide bonds. The zero-order valence-electron chi connectivity index (χ0n) is 12.8. The first kappa shape index (κ1) is 16.6. The Hall–Kier alpha value is -3.29. The van der Waals surface area contributed by atoms with Crippen LogP contribution in [0.15, 0.2) is 67.0 Å². The first-order valence-electron chi connectivity index (χ1n) is 7.28. The second-order valence-corrected chi connectivity index (χ2v) is 5.12. The number of alkyl halides is 3. The van der Waals surface area contributed by atoms with Crippen molar-refractivity contribution in [2.45, 2.75) is 6.18 Å². The Morgan fingerprint density at radius 2 is 1.72 bits per heavy atom. The lowest BCUT2D eigenvalue weighted by atomic mass is 10.2. The van der Waals surface area contributed by atoms with E-state index in [0.717, 1.165) is 11.8 Å². The third-order valence-electron chi connectivity index (χ3n) is 3.44. The highest BCUT2D eigenvalue weighted by Crippen LogP contribution is 2.34. The highest BCUT2D eigenvalue weighted by Gasteiger charge is 2.33. The Balaban J connectivity index is 1.69. The maximum atomic E-state index is 12.9. The molecule has 3 rings (SSSR count). The van der Waals surface area contributed by atoms with E-state index in [1.54, 1.807) is 47.4 Å². The van der Waals surface area contributed by atoms with E-state index < -0.39 is 17.6 Å². The van der Waals surface area contributed by atoms with Crippen LogP contribution >= 0.6 is 0 Å². The number of nitrogens with zero attached hydrogens (tertiary/aromatic N) is 2. The van der Waals surface area contributed by atoms with Gasteiger partial charge in [0.1, 0.15) is 0 Å². The summed E-state index contributed by atoms with van der Waals surface area (Å²) in [6, 6.07) is 13.2. The molecule has 0 saturated heterocycles. The van der Waals surface area contributed by atoms with Crippen molar-refractivity contribution in [1.82, 2.24) is 15.2 Å². The predicted molar refractivity (Wildman–Crippen MR) is 86.1 cm³/mol. The number of rotatable bonds is 4. The molecular formula is C17H13F3N4O. The van der Waals surface area contributed by atoms with Gasteiger partial charge in [0.25, 0.3) is 5.91 Å². The molecule has 2 N–H and O–H groups in total. The van der Waals surface area contributed by atoms with Crippen LogP contribution in [-0.2, 0) is 6.18 Å². The molecule has 0 radical (unpaired) electrons. The maximum Gasteiger partial charge on any atom is 0.418 e. The number of halogens is 3. The zero-order valence-corrected chi connectivity index (χ0v) is 12.8. The SMILES string of the molecule is O=C(NNc1ccccc1C(F)(F)F)c1ccc(-n2cccn2)cc1. The van der Waals surface area contributed by atoms with Gasteiger partial charge >= 0.3 is 6.18 Å². The fourth-order valence-electron chi connectivity index (χ4n) is 2.22. The largest absolute Gasteiger partial charge is 0.418 e. The van der Waals surface area contributed by atoms with Crippen LogP contribution < -0.4 is 10.9 Å². The molecule has 0 atom stereocenters. The number of hydrazine groups is 1. The maximum absolute atomic E-state index is 12.9.